The lowest BCUT2D eigenvalue weighted by Crippen LogP contribution is -2.69. The zero-order valence-electron chi connectivity index (χ0n) is 10.4. The van der Waals surface area contributed by atoms with E-state index in [1.54, 1.807) is 4.90 Å². The van der Waals surface area contributed by atoms with E-state index in [9.17, 15) is 4.79 Å². The van der Waals surface area contributed by atoms with Crippen LogP contribution in [0.15, 0.2) is 0 Å². The lowest BCUT2D eigenvalue weighted by Gasteiger charge is -2.48. The number of nitrogens with two attached hydrogens (primary N) is 1. The second-order valence-corrected chi connectivity index (χ2v) is 7.44. The largest absolute Gasteiger partial charge is 0.393 e. The quantitative estimate of drug-likeness (QED) is 0.717. The minimum absolute atomic E-state index is 0.0925. The van der Waals surface area contributed by atoms with Crippen molar-refractivity contribution < 1.29 is 13.6 Å². The summed E-state index contributed by atoms with van der Waals surface area (Å²) >= 11 is 0. The second kappa shape index (κ2) is 5.65. The summed E-state index contributed by atoms with van der Waals surface area (Å²) in [5.74, 6) is 0. The molecule has 94 valence electrons. The number of carbonyl (C=O) groups is 1. The van der Waals surface area contributed by atoms with Crippen molar-refractivity contribution >= 4 is 14.6 Å². The molecular weight excluding hydrogens is 224 g/mol. The van der Waals surface area contributed by atoms with Crippen LogP contribution in [0.25, 0.3) is 0 Å². The molecule has 1 unspecified atom stereocenters. The third kappa shape index (κ3) is 2.39. The number of hydrogen-bond donors (Lipinski definition) is 1. The monoisotopic (exact) mass is 246 g/mol. The van der Waals surface area contributed by atoms with E-state index in [0.29, 0.717) is 13.2 Å². The summed E-state index contributed by atoms with van der Waals surface area (Å²) in [7, 11) is -2.29. The fraction of sp³-hybridized carbons (Fsp3) is 0.900. The van der Waals surface area contributed by atoms with Crippen LogP contribution in [0.2, 0.25) is 6.04 Å². The van der Waals surface area contributed by atoms with Crippen molar-refractivity contribution in [3.8, 4) is 0 Å². The van der Waals surface area contributed by atoms with Gasteiger partial charge in [-0.2, -0.15) is 0 Å². The SMILES string of the molecule is CCO[Si](CC)(OCC)C1CCN1C(N)=O. The number of rotatable bonds is 6. The van der Waals surface area contributed by atoms with E-state index >= 15 is 0 Å². The van der Waals surface area contributed by atoms with Crippen molar-refractivity contribution in [2.45, 2.75) is 38.9 Å². The number of likely N-dealkylation sites (tertiary alicyclic amines) is 1. The summed E-state index contributed by atoms with van der Waals surface area (Å²) in [6.45, 7) is 7.98. The summed E-state index contributed by atoms with van der Waals surface area (Å²) in [5, 5.41) is 0. The predicted molar refractivity (Wildman–Crippen MR) is 64.2 cm³/mol. The normalized spacial score (nSPS) is 20.7. The van der Waals surface area contributed by atoms with E-state index in [4.69, 9.17) is 14.6 Å². The van der Waals surface area contributed by atoms with Gasteiger partial charge in [-0.3, -0.25) is 0 Å². The lowest BCUT2D eigenvalue weighted by molar-refractivity contribution is 0.0942. The van der Waals surface area contributed by atoms with Gasteiger partial charge in [0.25, 0.3) is 0 Å². The first-order valence-corrected chi connectivity index (χ1v) is 8.05. The molecule has 1 aliphatic rings. The minimum Gasteiger partial charge on any atom is -0.393 e. The van der Waals surface area contributed by atoms with E-state index in [1.807, 2.05) is 13.8 Å². The molecule has 1 rings (SSSR count). The van der Waals surface area contributed by atoms with Crippen LogP contribution in [0.1, 0.15) is 27.2 Å². The fourth-order valence-corrected chi connectivity index (χ4v) is 5.90. The summed E-state index contributed by atoms with van der Waals surface area (Å²) in [5.41, 5.74) is 5.42. The Bertz CT molecular complexity index is 244. The van der Waals surface area contributed by atoms with Gasteiger partial charge >= 0.3 is 14.6 Å². The van der Waals surface area contributed by atoms with Crippen LogP contribution in [-0.2, 0) is 8.85 Å². The van der Waals surface area contributed by atoms with E-state index in [2.05, 4.69) is 6.92 Å². The van der Waals surface area contributed by atoms with Crippen LogP contribution in [-0.4, -0.2) is 44.9 Å². The summed E-state index contributed by atoms with van der Waals surface area (Å²) < 4.78 is 11.7. The summed E-state index contributed by atoms with van der Waals surface area (Å²) in [4.78, 5) is 12.9. The van der Waals surface area contributed by atoms with Gasteiger partial charge in [0.05, 0.1) is 5.67 Å². The summed E-state index contributed by atoms with van der Waals surface area (Å²) in [6.07, 6.45) is 0.947. The van der Waals surface area contributed by atoms with Crippen LogP contribution >= 0.6 is 0 Å². The average molecular weight is 246 g/mol. The Morgan fingerprint density at radius 1 is 1.38 bits per heavy atom. The maximum atomic E-state index is 11.2. The highest BCUT2D eigenvalue weighted by Crippen LogP contribution is 2.31. The number of nitrogens with zero attached hydrogens (tertiary/aromatic N) is 1. The van der Waals surface area contributed by atoms with Crippen molar-refractivity contribution in [1.82, 2.24) is 4.90 Å². The number of carbonyl (C=O) groups excluding carboxylic acids is 1. The van der Waals surface area contributed by atoms with E-state index < -0.39 is 8.56 Å². The van der Waals surface area contributed by atoms with Gasteiger partial charge in [0, 0.05) is 19.8 Å². The Morgan fingerprint density at radius 2 is 1.94 bits per heavy atom. The molecule has 0 spiro atoms. The molecule has 0 bridgehead atoms. The fourth-order valence-electron chi connectivity index (χ4n) is 2.27. The molecule has 1 saturated heterocycles. The maximum Gasteiger partial charge on any atom is 0.361 e. The van der Waals surface area contributed by atoms with Gasteiger partial charge in [0.1, 0.15) is 0 Å². The number of amides is 2. The molecule has 6 heteroatoms. The molecule has 0 aromatic carbocycles. The highest BCUT2D eigenvalue weighted by atomic mass is 28.4. The molecule has 0 aromatic heterocycles. The first-order valence-electron chi connectivity index (χ1n) is 5.95. The van der Waals surface area contributed by atoms with Crippen molar-refractivity contribution in [3.05, 3.63) is 0 Å². The summed E-state index contributed by atoms with van der Waals surface area (Å²) in [6, 6.07) is 0.490. The molecule has 2 amide bonds. The van der Waals surface area contributed by atoms with E-state index in [0.717, 1.165) is 19.0 Å². The molecule has 1 heterocycles. The molecule has 16 heavy (non-hydrogen) atoms. The third-order valence-electron chi connectivity index (χ3n) is 3.08. The highest BCUT2D eigenvalue weighted by Gasteiger charge is 2.52. The molecule has 5 nitrogen and oxygen atoms in total. The molecule has 0 saturated carbocycles. The van der Waals surface area contributed by atoms with Gasteiger partial charge in [0.2, 0.25) is 0 Å². The van der Waals surface area contributed by atoms with Crippen LogP contribution in [0.5, 0.6) is 0 Å². The van der Waals surface area contributed by atoms with E-state index in [-0.39, 0.29) is 11.7 Å². The van der Waals surface area contributed by atoms with E-state index in [1.165, 1.54) is 0 Å². The molecule has 1 atom stereocenters. The predicted octanol–water partition coefficient (Wildman–Crippen LogP) is 1.21. The first kappa shape index (κ1) is 13.5. The number of hydrogen-bond acceptors (Lipinski definition) is 3. The highest BCUT2D eigenvalue weighted by molar-refractivity contribution is 6.69. The zero-order valence-corrected chi connectivity index (χ0v) is 11.4. The average Bonchev–Trinajstić information content (AvgIpc) is 2.15. The number of primary amides is 1. The van der Waals surface area contributed by atoms with Crippen LogP contribution < -0.4 is 5.73 Å². The van der Waals surface area contributed by atoms with Gasteiger partial charge in [-0.05, 0) is 26.3 Å². The van der Waals surface area contributed by atoms with Gasteiger partial charge in [0.15, 0.2) is 0 Å². The smallest absolute Gasteiger partial charge is 0.361 e. The topological polar surface area (TPSA) is 64.8 Å². The Hall–Kier alpha value is -0.593. The number of urea groups is 1. The molecule has 0 aromatic rings. The van der Waals surface area contributed by atoms with Crippen molar-refractivity contribution in [2.24, 2.45) is 5.73 Å². The Morgan fingerprint density at radius 3 is 2.19 bits per heavy atom. The van der Waals surface area contributed by atoms with Crippen LogP contribution in [0.4, 0.5) is 4.79 Å². The van der Waals surface area contributed by atoms with Gasteiger partial charge in [-0.15, -0.1) is 0 Å². The Balaban J connectivity index is 2.78. The second-order valence-electron chi connectivity index (χ2n) is 3.87. The van der Waals surface area contributed by atoms with Gasteiger partial charge in [-0.25, -0.2) is 4.79 Å². The molecular formula is C10H22N2O3Si. The third-order valence-corrected chi connectivity index (χ3v) is 7.24. The van der Waals surface area contributed by atoms with Crippen LogP contribution in [0, 0.1) is 0 Å². The lowest BCUT2D eigenvalue weighted by atomic mass is 10.2. The van der Waals surface area contributed by atoms with Gasteiger partial charge < -0.3 is 19.5 Å². The Labute approximate surface area is 98.1 Å². The molecule has 1 fully saturated rings. The Kier molecular flexibility index (Phi) is 4.76. The molecule has 0 aliphatic carbocycles. The zero-order chi connectivity index (χ0) is 12.2. The van der Waals surface area contributed by atoms with Crippen molar-refractivity contribution in [1.29, 1.82) is 0 Å². The molecule has 0 radical (unpaired) electrons. The van der Waals surface area contributed by atoms with Crippen molar-refractivity contribution in [2.75, 3.05) is 19.8 Å². The molecule has 2 N–H and O–H groups in total. The maximum absolute atomic E-state index is 11.2. The van der Waals surface area contributed by atoms with Crippen molar-refractivity contribution in [3.63, 3.8) is 0 Å². The minimum atomic E-state index is -2.29. The van der Waals surface area contributed by atoms with Crippen LogP contribution in [0.3, 0.4) is 0 Å². The van der Waals surface area contributed by atoms with Gasteiger partial charge in [-0.1, -0.05) is 6.92 Å². The molecule has 1 aliphatic heterocycles. The first-order chi connectivity index (χ1) is 7.61. The standard InChI is InChI=1S/C10H22N2O3Si/c1-4-14-16(6-3,15-5-2)9-7-8-12(9)10(11)13/h9H,4-8H2,1-3H3,(H2,11,13).